The van der Waals surface area contributed by atoms with Crippen LogP contribution in [0.15, 0.2) is 36.4 Å². The van der Waals surface area contributed by atoms with Crippen molar-refractivity contribution in [2.24, 2.45) is 5.73 Å². The average Bonchev–Trinajstić information content (AvgIpc) is 2.69. The van der Waals surface area contributed by atoms with Crippen molar-refractivity contribution in [3.63, 3.8) is 0 Å². The molecular weight excluding hydrogens is 439 g/mol. The number of benzene rings is 1. The highest BCUT2D eigenvalue weighted by Gasteiger charge is 2.49. The summed E-state index contributed by atoms with van der Waals surface area (Å²) in [6, 6.07) is 8.15. The zero-order chi connectivity index (χ0) is 22.5. The van der Waals surface area contributed by atoms with Crippen LogP contribution in [0.5, 0.6) is 5.75 Å². The maximum atomic E-state index is 12.1. The first-order chi connectivity index (χ1) is 14.1. The number of nitrogens with two attached hydrogens (primary N) is 1. The van der Waals surface area contributed by atoms with Gasteiger partial charge in [0.25, 0.3) is 0 Å². The van der Waals surface area contributed by atoms with Crippen molar-refractivity contribution in [3.05, 3.63) is 57.8 Å². The number of primary amides is 1. The molecule has 1 heterocycles. The van der Waals surface area contributed by atoms with Crippen molar-refractivity contribution in [2.75, 3.05) is 13.7 Å². The topological polar surface area (TPSA) is 149 Å². The molecule has 1 aromatic heterocycles. The van der Waals surface area contributed by atoms with Crippen LogP contribution in [0.2, 0.25) is 10.2 Å². The number of carbonyl (C=O) groups excluding carboxylic acids is 2. The van der Waals surface area contributed by atoms with E-state index in [1.54, 1.807) is 0 Å². The van der Waals surface area contributed by atoms with Crippen LogP contribution < -0.4 is 10.5 Å². The number of aliphatic carboxylic acids is 1. The van der Waals surface area contributed by atoms with E-state index in [4.69, 9.17) is 33.7 Å². The molecule has 9 nitrogen and oxygen atoms in total. The monoisotopic (exact) mass is 456 g/mol. The summed E-state index contributed by atoms with van der Waals surface area (Å²) in [5, 5.41) is 20.9. The molecule has 0 aliphatic heterocycles. The minimum atomic E-state index is -2.67. The molecule has 11 heteroatoms. The number of aromatic nitrogens is 1. The predicted octanol–water partition coefficient (Wildman–Crippen LogP) is 1.87. The lowest BCUT2D eigenvalue weighted by Crippen LogP contribution is -2.44. The third kappa shape index (κ3) is 5.38. The summed E-state index contributed by atoms with van der Waals surface area (Å²) < 4.78 is 9.71. The fraction of sp³-hybridized carbons (Fsp3) is 0.263. The highest BCUT2D eigenvalue weighted by atomic mass is 35.5. The van der Waals surface area contributed by atoms with Crippen molar-refractivity contribution >= 4 is 41.0 Å². The van der Waals surface area contributed by atoms with Crippen LogP contribution in [0.3, 0.4) is 0 Å². The lowest BCUT2D eigenvalue weighted by atomic mass is 9.77. The number of pyridine rings is 1. The molecule has 4 N–H and O–H groups in total. The van der Waals surface area contributed by atoms with Gasteiger partial charge in [0.15, 0.2) is 6.61 Å². The summed E-state index contributed by atoms with van der Waals surface area (Å²) in [5.41, 5.74) is 2.53. The predicted molar refractivity (Wildman–Crippen MR) is 106 cm³/mol. The Balaban J connectivity index is 2.49. The first kappa shape index (κ1) is 23.4. The van der Waals surface area contributed by atoms with Gasteiger partial charge in [-0.2, -0.15) is 0 Å². The number of aliphatic hydroxyl groups is 1. The number of halogens is 2. The van der Waals surface area contributed by atoms with Gasteiger partial charge in [-0.25, -0.2) is 14.6 Å². The third-order valence-corrected chi connectivity index (χ3v) is 4.66. The lowest BCUT2D eigenvalue weighted by Gasteiger charge is -2.32. The Hall–Kier alpha value is -2.88. The van der Waals surface area contributed by atoms with Gasteiger partial charge in [0, 0.05) is 17.4 Å². The van der Waals surface area contributed by atoms with Crippen molar-refractivity contribution in [1.82, 2.24) is 4.98 Å². The minimum absolute atomic E-state index is 0.0501. The number of esters is 1. The van der Waals surface area contributed by atoms with E-state index in [0.29, 0.717) is 0 Å². The average molecular weight is 457 g/mol. The zero-order valence-corrected chi connectivity index (χ0v) is 17.2. The molecule has 160 valence electrons. The summed E-state index contributed by atoms with van der Waals surface area (Å²) in [5.74, 6) is -4.16. The van der Waals surface area contributed by atoms with Crippen LogP contribution in [0.4, 0.5) is 0 Å². The van der Waals surface area contributed by atoms with Gasteiger partial charge in [-0.15, -0.1) is 0 Å². The first-order valence-electron chi connectivity index (χ1n) is 8.45. The molecule has 2 unspecified atom stereocenters. The van der Waals surface area contributed by atoms with E-state index >= 15 is 0 Å². The van der Waals surface area contributed by atoms with E-state index in [1.165, 1.54) is 37.4 Å². The summed E-state index contributed by atoms with van der Waals surface area (Å²) in [6.45, 7) is -0.329. The van der Waals surface area contributed by atoms with Gasteiger partial charge in [-0.05, 0) is 29.8 Å². The van der Waals surface area contributed by atoms with Gasteiger partial charge < -0.3 is 25.4 Å². The number of rotatable bonds is 9. The molecular formula is C19H18Cl2N2O7. The highest BCUT2D eigenvalue weighted by Crippen LogP contribution is 2.40. The molecule has 1 aromatic carbocycles. The Labute approximate surface area is 181 Å². The second-order valence-electron chi connectivity index (χ2n) is 6.22. The number of carboxylic acids is 1. The van der Waals surface area contributed by atoms with Crippen LogP contribution in [0.25, 0.3) is 0 Å². The van der Waals surface area contributed by atoms with Crippen molar-refractivity contribution in [2.45, 2.75) is 17.9 Å². The largest absolute Gasteiger partial charge is 0.482 e. The number of methoxy groups -OCH3 is 1. The van der Waals surface area contributed by atoms with Crippen LogP contribution in [-0.2, 0) is 24.7 Å². The zero-order valence-electron chi connectivity index (χ0n) is 15.7. The fourth-order valence-electron chi connectivity index (χ4n) is 2.80. The van der Waals surface area contributed by atoms with Gasteiger partial charge in [0.1, 0.15) is 10.9 Å². The second kappa shape index (κ2) is 9.75. The number of carbonyl (C=O) groups is 3. The van der Waals surface area contributed by atoms with E-state index in [9.17, 15) is 24.6 Å². The number of ether oxygens (including phenoxy) is 2. The summed E-state index contributed by atoms with van der Waals surface area (Å²) in [6.07, 6.45) is -0.517. The number of amides is 1. The summed E-state index contributed by atoms with van der Waals surface area (Å²) in [7, 11) is 1.21. The number of hydrogen-bond donors (Lipinski definition) is 3. The van der Waals surface area contributed by atoms with E-state index in [0.717, 1.165) is 6.07 Å². The highest BCUT2D eigenvalue weighted by molar-refractivity contribution is 6.34. The normalized spacial score (nSPS) is 13.7. The third-order valence-electron chi connectivity index (χ3n) is 4.25. The van der Waals surface area contributed by atoms with Crippen molar-refractivity contribution in [1.29, 1.82) is 0 Å². The molecule has 1 amide bonds. The fourth-order valence-corrected chi connectivity index (χ4v) is 3.27. The van der Waals surface area contributed by atoms with E-state index in [-0.39, 0.29) is 33.8 Å². The van der Waals surface area contributed by atoms with Gasteiger partial charge in [0.2, 0.25) is 11.5 Å². The Morgan fingerprint density at radius 3 is 2.33 bits per heavy atom. The molecule has 0 fully saturated rings. The van der Waals surface area contributed by atoms with E-state index < -0.39 is 35.8 Å². The van der Waals surface area contributed by atoms with E-state index in [2.05, 4.69) is 9.72 Å². The number of nitrogens with zero attached hydrogens (tertiary/aromatic N) is 1. The maximum absolute atomic E-state index is 12.1. The first-order valence-corrected chi connectivity index (χ1v) is 9.20. The number of carboxylic acid groups (broad SMARTS) is 1. The Morgan fingerprint density at radius 1 is 1.20 bits per heavy atom. The quantitative estimate of drug-likeness (QED) is 0.382. The van der Waals surface area contributed by atoms with Crippen LogP contribution in [0, 0.1) is 0 Å². The molecule has 0 spiro atoms. The molecule has 2 rings (SSSR count). The molecule has 2 aromatic rings. The van der Waals surface area contributed by atoms with Gasteiger partial charge in [0.05, 0.1) is 12.8 Å². The summed E-state index contributed by atoms with van der Waals surface area (Å²) >= 11 is 11.8. The standard InChI is InChI=1S/C19H18Cl2N2O7/c1-29-17(25)9-30-12-4-2-10(3-5-12)13(8-16(22)24)19(28,18(26)27)14-6-11(20)7-15(21)23-14/h2-7,13,28H,8-9H2,1H3,(H2,22,24)(H,26,27). The molecule has 0 bridgehead atoms. The summed E-state index contributed by atoms with van der Waals surface area (Å²) in [4.78, 5) is 38.8. The molecule has 2 atom stereocenters. The van der Waals surface area contributed by atoms with Crippen LogP contribution >= 0.6 is 23.2 Å². The van der Waals surface area contributed by atoms with Crippen molar-refractivity contribution in [3.8, 4) is 5.75 Å². The number of hydrogen-bond acceptors (Lipinski definition) is 7. The molecule has 0 radical (unpaired) electrons. The lowest BCUT2D eigenvalue weighted by molar-refractivity contribution is -0.163. The maximum Gasteiger partial charge on any atom is 0.343 e. The smallest absolute Gasteiger partial charge is 0.343 e. The van der Waals surface area contributed by atoms with Crippen LogP contribution in [0.1, 0.15) is 23.6 Å². The molecule has 0 aliphatic rings. The Bertz CT molecular complexity index is 932. The van der Waals surface area contributed by atoms with Gasteiger partial charge in [-0.3, -0.25) is 4.79 Å². The van der Waals surface area contributed by atoms with Gasteiger partial charge in [-0.1, -0.05) is 35.3 Å². The second-order valence-corrected chi connectivity index (χ2v) is 7.05. The van der Waals surface area contributed by atoms with Crippen LogP contribution in [-0.4, -0.2) is 46.8 Å². The van der Waals surface area contributed by atoms with Crippen molar-refractivity contribution < 1.29 is 34.1 Å². The Kier molecular flexibility index (Phi) is 7.60. The minimum Gasteiger partial charge on any atom is -0.482 e. The molecule has 0 aliphatic carbocycles. The SMILES string of the molecule is COC(=O)COc1ccc(C(CC(N)=O)C(O)(C(=O)O)c2cc(Cl)cc(Cl)n2)cc1. The molecule has 0 saturated carbocycles. The van der Waals surface area contributed by atoms with E-state index in [1.807, 2.05) is 0 Å². The Morgan fingerprint density at radius 2 is 1.83 bits per heavy atom. The molecule has 30 heavy (non-hydrogen) atoms. The van der Waals surface area contributed by atoms with Gasteiger partial charge >= 0.3 is 11.9 Å². The molecule has 0 saturated heterocycles.